The van der Waals surface area contributed by atoms with E-state index in [9.17, 15) is 0 Å². The van der Waals surface area contributed by atoms with Crippen LogP contribution in [0.4, 0.5) is 0 Å². The number of halogens is 3. The highest BCUT2D eigenvalue weighted by atomic mass is 35.5. The molecule has 1 unspecified atom stereocenters. The van der Waals surface area contributed by atoms with Crippen molar-refractivity contribution in [2.45, 2.75) is 32.7 Å². The van der Waals surface area contributed by atoms with Crippen LogP contribution in [0.2, 0.25) is 10.0 Å². The third kappa shape index (κ3) is 5.36. The summed E-state index contributed by atoms with van der Waals surface area (Å²) in [6.07, 6.45) is 3.45. The third-order valence-electron chi connectivity index (χ3n) is 3.01. The Labute approximate surface area is 125 Å². The average molecular weight is 309 g/mol. The van der Waals surface area contributed by atoms with Crippen LogP contribution in [0.5, 0.6) is 0 Å². The lowest BCUT2D eigenvalue weighted by Gasteiger charge is -2.16. The maximum atomic E-state index is 6.12. The predicted molar refractivity (Wildman–Crippen MR) is 81.9 cm³/mol. The van der Waals surface area contributed by atoms with E-state index in [1.807, 2.05) is 18.2 Å². The molecular formula is C14H20Cl3N. The van der Waals surface area contributed by atoms with Crippen LogP contribution in [-0.2, 0) is 6.54 Å². The molecule has 1 aromatic carbocycles. The molecule has 0 fully saturated rings. The van der Waals surface area contributed by atoms with Crippen molar-refractivity contribution in [3.8, 4) is 0 Å². The molecule has 0 aliphatic carbocycles. The van der Waals surface area contributed by atoms with Gasteiger partial charge in [0.05, 0.1) is 0 Å². The molecule has 0 heterocycles. The van der Waals surface area contributed by atoms with Gasteiger partial charge < -0.3 is 5.32 Å². The highest BCUT2D eigenvalue weighted by Gasteiger charge is 2.09. The number of hydrogen-bond donors (Lipinski definition) is 1. The molecule has 102 valence electrons. The van der Waals surface area contributed by atoms with Gasteiger partial charge in [-0.2, -0.15) is 0 Å². The summed E-state index contributed by atoms with van der Waals surface area (Å²) < 4.78 is 0. The van der Waals surface area contributed by atoms with E-state index in [4.69, 9.17) is 34.8 Å². The first-order valence-electron chi connectivity index (χ1n) is 6.38. The minimum Gasteiger partial charge on any atom is -0.312 e. The predicted octanol–water partition coefficient (Wildman–Crippen LogP) is 5.13. The molecule has 4 heteroatoms. The molecule has 1 atom stereocenters. The van der Waals surface area contributed by atoms with E-state index in [2.05, 4.69) is 12.2 Å². The van der Waals surface area contributed by atoms with Crippen molar-refractivity contribution in [1.29, 1.82) is 0 Å². The molecule has 18 heavy (non-hydrogen) atoms. The number of rotatable bonds is 8. The summed E-state index contributed by atoms with van der Waals surface area (Å²) in [4.78, 5) is 0. The second kappa shape index (κ2) is 9.03. The van der Waals surface area contributed by atoms with E-state index in [0.717, 1.165) is 34.5 Å². The molecular weight excluding hydrogens is 289 g/mol. The van der Waals surface area contributed by atoms with E-state index < -0.39 is 0 Å². The highest BCUT2D eigenvalue weighted by Crippen LogP contribution is 2.24. The molecule has 0 radical (unpaired) electrons. The minimum absolute atomic E-state index is 0.633. The Kier molecular flexibility index (Phi) is 8.08. The Morgan fingerprint density at radius 3 is 2.39 bits per heavy atom. The van der Waals surface area contributed by atoms with Crippen LogP contribution in [0.15, 0.2) is 18.2 Å². The molecule has 1 nitrogen and oxygen atoms in total. The summed E-state index contributed by atoms with van der Waals surface area (Å²) in [6.45, 7) is 3.87. The van der Waals surface area contributed by atoms with Crippen LogP contribution in [0.25, 0.3) is 0 Å². The van der Waals surface area contributed by atoms with E-state index in [-0.39, 0.29) is 0 Å². The Balaban J connectivity index is 2.44. The molecule has 0 spiro atoms. The smallest absolute Gasteiger partial charge is 0.0465 e. The maximum absolute atomic E-state index is 6.12. The Hall–Kier alpha value is 0.0500. The fraction of sp³-hybridized carbons (Fsp3) is 0.571. The summed E-state index contributed by atoms with van der Waals surface area (Å²) in [7, 11) is 0. The Bertz CT molecular complexity index is 329. The van der Waals surface area contributed by atoms with Crippen molar-refractivity contribution in [3.63, 3.8) is 0 Å². The Morgan fingerprint density at radius 2 is 1.83 bits per heavy atom. The van der Waals surface area contributed by atoms with Crippen LogP contribution >= 0.6 is 34.8 Å². The van der Waals surface area contributed by atoms with Gasteiger partial charge >= 0.3 is 0 Å². The van der Waals surface area contributed by atoms with Crippen LogP contribution < -0.4 is 5.32 Å². The maximum Gasteiger partial charge on any atom is 0.0465 e. The van der Waals surface area contributed by atoms with Crippen LogP contribution in [0.3, 0.4) is 0 Å². The second-order valence-electron chi connectivity index (χ2n) is 4.46. The lowest BCUT2D eigenvalue weighted by Crippen LogP contribution is -2.23. The van der Waals surface area contributed by atoms with Crippen molar-refractivity contribution in [2.75, 3.05) is 12.4 Å². The van der Waals surface area contributed by atoms with Crippen molar-refractivity contribution in [2.24, 2.45) is 5.92 Å². The van der Waals surface area contributed by atoms with Crippen LogP contribution in [0.1, 0.15) is 31.7 Å². The van der Waals surface area contributed by atoms with Crippen molar-refractivity contribution in [1.82, 2.24) is 5.32 Å². The fourth-order valence-corrected chi connectivity index (χ4v) is 2.85. The molecule has 0 aliphatic heterocycles. The lowest BCUT2D eigenvalue weighted by atomic mass is 10.0. The van der Waals surface area contributed by atoms with Crippen LogP contribution in [-0.4, -0.2) is 12.4 Å². The number of nitrogens with one attached hydrogen (secondary N) is 1. The van der Waals surface area contributed by atoms with Crippen molar-refractivity contribution >= 4 is 34.8 Å². The number of benzene rings is 1. The van der Waals surface area contributed by atoms with Crippen molar-refractivity contribution in [3.05, 3.63) is 33.8 Å². The monoisotopic (exact) mass is 307 g/mol. The van der Waals surface area contributed by atoms with Gasteiger partial charge in [-0.05, 0) is 37.4 Å². The zero-order chi connectivity index (χ0) is 13.4. The summed E-state index contributed by atoms with van der Waals surface area (Å²) in [6, 6.07) is 5.60. The van der Waals surface area contributed by atoms with Gasteiger partial charge in [-0.1, -0.05) is 42.6 Å². The summed E-state index contributed by atoms with van der Waals surface area (Å²) >= 11 is 18.1. The van der Waals surface area contributed by atoms with Gasteiger partial charge in [0.15, 0.2) is 0 Å². The molecule has 1 aromatic rings. The van der Waals surface area contributed by atoms with Gasteiger partial charge in [0, 0.05) is 28.0 Å². The summed E-state index contributed by atoms with van der Waals surface area (Å²) in [5.41, 5.74) is 0.974. The molecule has 1 rings (SSSR count). The highest BCUT2D eigenvalue weighted by molar-refractivity contribution is 6.35. The van der Waals surface area contributed by atoms with E-state index in [1.165, 1.54) is 12.8 Å². The first-order chi connectivity index (χ1) is 8.69. The zero-order valence-corrected chi connectivity index (χ0v) is 13.0. The largest absolute Gasteiger partial charge is 0.312 e. The molecule has 1 N–H and O–H groups in total. The molecule has 0 aromatic heterocycles. The first-order valence-corrected chi connectivity index (χ1v) is 7.67. The van der Waals surface area contributed by atoms with E-state index in [1.54, 1.807) is 0 Å². The van der Waals surface area contributed by atoms with Gasteiger partial charge in [-0.3, -0.25) is 0 Å². The molecule has 0 saturated carbocycles. The molecule has 0 bridgehead atoms. The van der Waals surface area contributed by atoms with Gasteiger partial charge in [-0.25, -0.2) is 0 Å². The fourth-order valence-electron chi connectivity index (χ4n) is 2.01. The topological polar surface area (TPSA) is 12.0 Å². The standard InChI is InChI=1S/C14H20Cl3N/c1-2-4-11(7-8-15)9-18-10-12-13(16)5-3-6-14(12)17/h3,5-6,11,18H,2,4,7-10H2,1H3. The summed E-state index contributed by atoms with van der Waals surface area (Å²) in [5.74, 6) is 1.35. The normalized spacial score (nSPS) is 12.7. The number of alkyl halides is 1. The number of hydrogen-bond acceptors (Lipinski definition) is 1. The average Bonchev–Trinajstić information content (AvgIpc) is 2.33. The minimum atomic E-state index is 0.633. The molecule has 0 aliphatic rings. The molecule has 0 saturated heterocycles. The van der Waals surface area contributed by atoms with Gasteiger partial charge in [0.2, 0.25) is 0 Å². The van der Waals surface area contributed by atoms with Crippen molar-refractivity contribution < 1.29 is 0 Å². The lowest BCUT2D eigenvalue weighted by molar-refractivity contribution is 0.430. The zero-order valence-electron chi connectivity index (χ0n) is 10.7. The summed E-state index contributed by atoms with van der Waals surface area (Å²) in [5, 5.41) is 4.87. The SMILES string of the molecule is CCCC(CCCl)CNCc1c(Cl)cccc1Cl. The van der Waals surface area contributed by atoms with E-state index >= 15 is 0 Å². The van der Waals surface area contributed by atoms with Gasteiger partial charge in [0.25, 0.3) is 0 Å². The van der Waals surface area contributed by atoms with Gasteiger partial charge in [0.1, 0.15) is 0 Å². The van der Waals surface area contributed by atoms with Gasteiger partial charge in [-0.15, -0.1) is 11.6 Å². The molecule has 0 amide bonds. The van der Waals surface area contributed by atoms with Crippen LogP contribution in [0, 0.1) is 5.92 Å². The Morgan fingerprint density at radius 1 is 1.17 bits per heavy atom. The first kappa shape index (κ1) is 16.1. The second-order valence-corrected chi connectivity index (χ2v) is 5.66. The third-order valence-corrected chi connectivity index (χ3v) is 3.94. The quantitative estimate of drug-likeness (QED) is 0.657. The van der Waals surface area contributed by atoms with E-state index in [0.29, 0.717) is 12.5 Å².